The van der Waals surface area contributed by atoms with Crippen molar-refractivity contribution in [2.75, 3.05) is 6.61 Å². The van der Waals surface area contributed by atoms with Crippen molar-refractivity contribution in [1.29, 1.82) is 0 Å². The summed E-state index contributed by atoms with van der Waals surface area (Å²) in [7, 11) is 0. The van der Waals surface area contributed by atoms with Crippen molar-refractivity contribution in [3.05, 3.63) is 12.3 Å². The first kappa shape index (κ1) is 17.1. The smallest absolute Gasteiger partial charge is 0.207 e. The van der Waals surface area contributed by atoms with Crippen molar-refractivity contribution in [2.45, 2.75) is 55.6 Å². The van der Waals surface area contributed by atoms with Gasteiger partial charge in [0.1, 0.15) is 24.4 Å². The molecular formula is C14H22O9. The van der Waals surface area contributed by atoms with E-state index < -0.39 is 61.7 Å². The van der Waals surface area contributed by atoms with E-state index in [-0.39, 0.29) is 12.3 Å². The molecule has 0 amide bonds. The summed E-state index contributed by atoms with van der Waals surface area (Å²) in [6, 6.07) is 0. The zero-order valence-corrected chi connectivity index (χ0v) is 12.3. The molecule has 10 atom stereocenters. The Morgan fingerprint density at radius 2 is 1.70 bits per heavy atom. The minimum Gasteiger partial charge on any atom is -0.472 e. The highest BCUT2D eigenvalue weighted by Gasteiger charge is 2.51. The molecule has 1 aliphatic carbocycles. The number of hydrogen-bond donors (Lipinski definition) is 6. The van der Waals surface area contributed by atoms with Crippen LogP contribution in [0, 0.1) is 11.8 Å². The summed E-state index contributed by atoms with van der Waals surface area (Å²) in [4.78, 5) is 0. The van der Waals surface area contributed by atoms with Gasteiger partial charge in [0.05, 0.1) is 31.0 Å². The maximum Gasteiger partial charge on any atom is 0.207 e. The first-order valence-corrected chi connectivity index (χ1v) is 7.58. The van der Waals surface area contributed by atoms with Crippen LogP contribution in [0.25, 0.3) is 0 Å². The summed E-state index contributed by atoms with van der Waals surface area (Å²) in [6.45, 7) is -0.566. The maximum atomic E-state index is 10.1. The first-order chi connectivity index (χ1) is 10.9. The summed E-state index contributed by atoms with van der Waals surface area (Å²) in [6.07, 6.45) is -6.45. The van der Waals surface area contributed by atoms with E-state index in [9.17, 15) is 25.5 Å². The number of aliphatic hydroxyl groups is 6. The maximum absolute atomic E-state index is 10.1. The molecule has 0 radical (unpaired) electrons. The molecule has 3 aliphatic rings. The summed E-state index contributed by atoms with van der Waals surface area (Å²) in [5, 5.41) is 58.6. The lowest BCUT2D eigenvalue weighted by molar-refractivity contribution is -0.343. The van der Waals surface area contributed by atoms with E-state index in [1.807, 2.05) is 0 Å². The third kappa shape index (κ3) is 2.99. The lowest BCUT2D eigenvalue weighted by Gasteiger charge is -2.42. The van der Waals surface area contributed by atoms with Gasteiger partial charge in [-0.2, -0.15) is 0 Å². The molecule has 2 heterocycles. The van der Waals surface area contributed by atoms with Gasteiger partial charge in [-0.15, -0.1) is 0 Å². The molecule has 1 saturated heterocycles. The zero-order chi connectivity index (χ0) is 16.7. The lowest BCUT2D eigenvalue weighted by Crippen LogP contribution is -2.60. The van der Waals surface area contributed by atoms with E-state index in [0.29, 0.717) is 0 Å². The first-order valence-electron chi connectivity index (χ1n) is 7.58. The molecular weight excluding hydrogens is 312 g/mol. The molecule has 23 heavy (non-hydrogen) atoms. The van der Waals surface area contributed by atoms with Gasteiger partial charge in [-0.25, -0.2) is 0 Å². The van der Waals surface area contributed by atoms with Crippen LogP contribution in [-0.4, -0.2) is 86.4 Å². The van der Waals surface area contributed by atoms with Crippen molar-refractivity contribution in [3.63, 3.8) is 0 Å². The normalized spacial score (nSPS) is 53.0. The van der Waals surface area contributed by atoms with Crippen LogP contribution < -0.4 is 0 Å². The average Bonchev–Trinajstić information content (AvgIpc) is 2.83. The quantitative estimate of drug-likeness (QED) is 0.318. The van der Waals surface area contributed by atoms with Crippen molar-refractivity contribution in [2.24, 2.45) is 11.8 Å². The highest BCUT2D eigenvalue weighted by molar-refractivity contribution is 5.05. The van der Waals surface area contributed by atoms with Crippen molar-refractivity contribution >= 4 is 0 Å². The van der Waals surface area contributed by atoms with Gasteiger partial charge in [0.15, 0.2) is 6.29 Å². The Balaban J connectivity index is 1.72. The van der Waals surface area contributed by atoms with E-state index in [4.69, 9.17) is 19.3 Å². The largest absolute Gasteiger partial charge is 0.472 e. The second-order valence-electron chi connectivity index (χ2n) is 6.19. The Morgan fingerprint density at radius 3 is 2.39 bits per heavy atom. The van der Waals surface area contributed by atoms with Crippen LogP contribution >= 0.6 is 0 Å². The molecule has 0 aromatic rings. The fourth-order valence-corrected chi connectivity index (χ4v) is 3.43. The van der Waals surface area contributed by atoms with Gasteiger partial charge in [0, 0.05) is 12.3 Å². The van der Waals surface area contributed by atoms with Crippen LogP contribution in [-0.2, 0) is 14.2 Å². The average molecular weight is 334 g/mol. The van der Waals surface area contributed by atoms with Gasteiger partial charge in [-0.1, -0.05) is 0 Å². The van der Waals surface area contributed by atoms with E-state index in [1.54, 1.807) is 6.08 Å². The van der Waals surface area contributed by atoms with Crippen LogP contribution in [0.5, 0.6) is 0 Å². The molecule has 0 spiro atoms. The number of ether oxygens (including phenoxy) is 3. The van der Waals surface area contributed by atoms with Crippen LogP contribution in [0.1, 0.15) is 6.42 Å². The number of hydrogen-bond acceptors (Lipinski definition) is 9. The van der Waals surface area contributed by atoms with E-state index >= 15 is 0 Å². The number of rotatable bonds is 3. The minimum atomic E-state index is -1.56. The van der Waals surface area contributed by atoms with Gasteiger partial charge in [-0.3, -0.25) is 0 Å². The second-order valence-corrected chi connectivity index (χ2v) is 6.19. The Hall–Kier alpha value is -0.780. The molecule has 3 rings (SSSR count). The summed E-state index contributed by atoms with van der Waals surface area (Å²) in [5.41, 5.74) is 0. The lowest BCUT2D eigenvalue weighted by atomic mass is 9.91. The molecule has 0 aromatic carbocycles. The zero-order valence-electron chi connectivity index (χ0n) is 12.3. The molecule has 10 unspecified atom stereocenters. The van der Waals surface area contributed by atoms with Crippen LogP contribution in [0.4, 0.5) is 0 Å². The second kappa shape index (κ2) is 6.61. The Labute approximate surface area is 132 Å². The van der Waals surface area contributed by atoms with Gasteiger partial charge in [-0.05, 0) is 6.08 Å². The standard InChI is InChI=1S/C14H22O9/c15-4-8-10(18)11(19)12(20)14(22-8)23-13-9-5(1-2-21-13)6(16)3-7(9)17/h1-2,5-20H,3-4H2. The third-order valence-corrected chi connectivity index (χ3v) is 4.76. The topological polar surface area (TPSA) is 149 Å². The van der Waals surface area contributed by atoms with E-state index in [1.165, 1.54) is 6.26 Å². The number of fused-ring (bicyclic) bond motifs is 1. The Kier molecular flexibility index (Phi) is 4.90. The Bertz CT molecular complexity index is 442. The fourth-order valence-electron chi connectivity index (χ4n) is 3.43. The highest BCUT2D eigenvalue weighted by atomic mass is 16.8. The fraction of sp³-hybridized carbons (Fsp3) is 0.857. The molecule has 6 N–H and O–H groups in total. The summed E-state index contributed by atoms with van der Waals surface area (Å²) < 4.78 is 16.1. The van der Waals surface area contributed by atoms with Crippen LogP contribution in [0.2, 0.25) is 0 Å². The molecule has 9 heteroatoms. The van der Waals surface area contributed by atoms with Crippen LogP contribution in [0.3, 0.4) is 0 Å². The molecule has 2 aliphatic heterocycles. The van der Waals surface area contributed by atoms with Crippen molar-refractivity contribution in [1.82, 2.24) is 0 Å². The van der Waals surface area contributed by atoms with Gasteiger partial charge in [0.2, 0.25) is 6.29 Å². The molecule has 0 bridgehead atoms. The minimum absolute atomic E-state index is 0.178. The van der Waals surface area contributed by atoms with Crippen LogP contribution in [0.15, 0.2) is 12.3 Å². The van der Waals surface area contributed by atoms with E-state index in [2.05, 4.69) is 0 Å². The van der Waals surface area contributed by atoms with E-state index in [0.717, 1.165) is 0 Å². The molecule has 9 nitrogen and oxygen atoms in total. The third-order valence-electron chi connectivity index (χ3n) is 4.76. The van der Waals surface area contributed by atoms with Crippen molar-refractivity contribution in [3.8, 4) is 0 Å². The van der Waals surface area contributed by atoms with Gasteiger partial charge >= 0.3 is 0 Å². The predicted molar refractivity (Wildman–Crippen MR) is 72.5 cm³/mol. The molecule has 2 fully saturated rings. The van der Waals surface area contributed by atoms with Gasteiger partial charge in [0.25, 0.3) is 0 Å². The Morgan fingerprint density at radius 1 is 0.957 bits per heavy atom. The highest BCUT2D eigenvalue weighted by Crippen LogP contribution is 2.40. The number of aliphatic hydroxyl groups excluding tert-OH is 6. The summed E-state index contributed by atoms with van der Waals surface area (Å²) in [5.74, 6) is -0.906. The SMILES string of the molecule is OCC1OC(OC2OC=CC3C(O)CC(O)C23)C(O)C(O)C1O. The monoisotopic (exact) mass is 334 g/mol. The summed E-state index contributed by atoms with van der Waals surface area (Å²) >= 11 is 0. The van der Waals surface area contributed by atoms with Gasteiger partial charge < -0.3 is 44.8 Å². The molecule has 1 saturated carbocycles. The van der Waals surface area contributed by atoms with Crippen molar-refractivity contribution < 1.29 is 44.8 Å². The predicted octanol–water partition coefficient (Wildman–Crippen LogP) is -2.97. The molecule has 0 aromatic heterocycles. The molecule has 132 valence electrons.